The molecule has 2 rings (SSSR count). The highest BCUT2D eigenvalue weighted by atomic mass is 19.1. The van der Waals surface area contributed by atoms with Gasteiger partial charge in [-0.05, 0) is 69.4 Å². The monoisotopic (exact) mass is 250 g/mol. The molecule has 1 aromatic rings. The van der Waals surface area contributed by atoms with E-state index in [1.165, 1.54) is 12.8 Å². The number of benzene rings is 1. The molecule has 0 bridgehead atoms. The van der Waals surface area contributed by atoms with Gasteiger partial charge in [0.2, 0.25) is 0 Å². The summed E-state index contributed by atoms with van der Waals surface area (Å²) in [6.07, 6.45) is 2.48. The molecule has 0 aromatic heterocycles. The number of aryl methyl sites for hydroxylation is 1. The molecule has 18 heavy (non-hydrogen) atoms. The molecule has 1 unspecified atom stereocenters. The van der Waals surface area contributed by atoms with Crippen molar-refractivity contribution in [1.29, 1.82) is 0 Å². The molecule has 0 radical (unpaired) electrons. The van der Waals surface area contributed by atoms with Gasteiger partial charge in [0.1, 0.15) is 5.82 Å². The Labute approximate surface area is 109 Å². The number of nitrogens with one attached hydrogen (secondary N) is 2. The molecule has 1 saturated heterocycles. The molecule has 100 valence electrons. The SMILES string of the molecule is Cc1ccc(C(C)NCC2CCNCC2)cc1F. The lowest BCUT2D eigenvalue weighted by molar-refractivity contribution is 0.345. The molecule has 1 atom stereocenters. The number of hydrogen-bond donors (Lipinski definition) is 2. The Morgan fingerprint density at radius 2 is 2.11 bits per heavy atom. The van der Waals surface area contributed by atoms with E-state index in [9.17, 15) is 4.39 Å². The molecule has 3 heteroatoms. The van der Waals surface area contributed by atoms with Crippen molar-refractivity contribution in [3.05, 3.63) is 35.1 Å². The topological polar surface area (TPSA) is 24.1 Å². The molecular formula is C15H23FN2. The zero-order chi connectivity index (χ0) is 13.0. The van der Waals surface area contributed by atoms with Crippen molar-refractivity contribution in [3.63, 3.8) is 0 Å². The third-order valence-electron chi connectivity index (χ3n) is 3.87. The van der Waals surface area contributed by atoms with Gasteiger partial charge in [0.05, 0.1) is 0 Å². The Bertz CT molecular complexity index is 386. The van der Waals surface area contributed by atoms with E-state index in [4.69, 9.17) is 0 Å². The van der Waals surface area contributed by atoms with E-state index in [-0.39, 0.29) is 11.9 Å². The van der Waals surface area contributed by atoms with Crippen LogP contribution >= 0.6 is 0 Å². The first kappa shape index (κ1) is 13.5. The van der Waals surface area contributed by atoms with Gasteiger partial charge >= 0.3 is 0 Å². The molecular weight excluding hydrogens is 227 g/mol. The number of halogens is 1. The number of piperidine rings is 1. The second-order valence-corrected chi connectivity index (χ2v) is 5.33. The van der Waals surface area contributed by atoms with E-state index in [1.807, 2.05) is 12.1 Å². The summed E-state index contributed by atoms with van der Waals surface area (Å²) in [7, 11) is 0. The summed E-state index contributed by atoms with van der Waals surface area (Å²) < 4.78 is 13.5. The van der Waals surface area contributed by atoms with Crippen molar-refractivity contribution < 1.29 is 4.39 Å². The molecule has 1 heterocycles. The van der Waals surface area contributed by atoms with Crippen molar-refractivity contribution >= 4 is 0 Å². The lowest BCUT2D eigenvalue weighted by Crippen LogP contribution is -2.34. The van der Waals surface area contributed by atoms with E-state index in [0.717, 1.165) is 31.1 Å². The van der Waals surface area contributed by atoms with E-state index in [2.05, 4.69) is 17.6 Å². The second-order valence-electron chi connectivity index (χ2n) is 5.33. The predicted octanol–water partition coefficient (Wildman–Crippen LogP) is 2.78. The van der Waals surface area contributed by atoms with Gasteiger partial charge in [0.15, 0.2) is 0 Å². The molecule has 2 N–H and O–H groups in total. The summed E-state index contributed by atoms with van der Waals surface area (Å²) in [5.41, 5.74) is 1.75. The maximum absolute atomic E-state index is 13.5. The fourth-order valence-electron chi connectivity index (χ4n) is 2.43. The summed E-state index contributed by atoms with van der Waals surface area (Å²) in [4.78, 5) is 0. The first-order valence-electron chi connectivity index (χ1n) is 6.87. The van der Waals surface area contributed by atoms with Gasteiger partial charge in [0, 0.05) is 6.04 Å². The van der Waals surface area contributed by atoms with Crippen LogP contribution in [-0.4, -0.2) is 19.6 Å². The molecule has 2 nitrogen and oxygen atoms in total. The van der Waals surface area contributed by atoms with Crippen LogP contribution in [0.1, 0.15) is 36.9 Å². The summed E-state index contributed by atoms with van der Waals surface area (Å²) in [6, 6.07) is 5.73. The summed E-state index contributed by atoms with van der Waals surface area (Å²) in [6.45, 7) is 7.18. The molecule has 0 saturated carbocycles. The lowest BCUT2D eigenvalue weighted by Gasteiger charge is -2.25. The Kier molecular flexibility index (Phi) is 4.72. The van der Waals surface area contributed by atoms with Crippen LogP contribution in [0.4, 0.5) is 4.39 Å². The zero-order valence-corrected chi connectivity index (χ0v) is 11.3. The van der Waals surface area contributed by atoms with Gasteiger partial charge in [-0.3, -0.25) is 0 Å². The highest BCUT2D eigenvalue weighted by Crippen LogP contribution is 2.18. The third kappa shape index (κ3) is 3.53. The van der Waals surface area contributed by atoms with Gasteiger partial charge in [-0.25, -0.2) is 4.39 Å². The number of hydrogen-bond acceptors (Lipinski definition) is 2. The minimum Gasteiger partial charge on any atom is -0.317 e. The van der Waals surface area contributed by atoms with E-state index in [1.54, 1.807) is 13.0 Å². The van der Waals surface area contributed by atoms with Gasteiger partial charge in [-0.1, -0.05) is 12.1 Å². The minimum absolute atomic E-state index is 0.108. The van der Waals surface area contributed by atoms with Gasteiger partial charge in [-0.2, -0.15) is 0 Å². The third-order valence-corrected chi connectivity index (χ3v) is 3.87. The summed E-state index contributed by atoms with van der Waals surface area (Å²) in [5.74, 6) is 0.645. The first-order valence-corrected chi connectivity index (χ1v) is 6.87. The van der Waals surface area contributed by atoms with Crippen LogP contribution in [0, 0.1) is 18.7 Å². The molecule has 1 aliphatic rings. The Hall–Kier alpha value is -0.930. The maximum atomic E-state index is 13.5. The fraction of sp³-hybridized carbons (Fsp3) is 0.600. The standard InChI is InChI=1S/C15H23FN2/c1-11-3-4-14(9-15(11)16)12(2)18-10-13-5-7-17-8-6-13/h3-4,9,12-13,17-18H,5-8,10H2,1-2H3. The van der Waals surface area contributed by atoms with Crippen molar-refractivity contribution in [2.45, 2.75) is 32.7 Å². The molecule has 0 spiro atoms. The smallest absolute Gasteiger partial charge is 0.126 e. The summed E-state index contributed by atoms with van der Waals surface area (Å²) >= 11 is 0. The van der Waals surface area contributed by atoms with Gasteiger partial charge in [0.25, 0.3) is 0 Å². The molecule has 1 fully saturated rings. The van der Waals surface area contributed by atoms with E-state index < -0.39 is 0 Å². The second kappa shape index (κ2) is 6.30. The maximum Gasteiger partial charge on any atom is 0.126 e. The fourth-order valence-corrected chi connectivity index (χ4v) is 2.43. The van der Waals surface area contributed by atoms with Crippen molar-refractivity contribution in [1.82, 2.24) is 10.6 Å². The summed E-state index contributed by atoms with van der Waals surface area (Å²) in [5, 5.41) is 6.89. The van der Waals surface area contributed by atoms with Gasteiger partial charge in [-0.15, -0.1) is 0 Å². The van der Waals surface area contributed by atoms with Crippen LogP contribution in [0.25, 0.3) is 0 Å². The van der Waals surface area contributed by atoms with Crippen LogP contribution in [0.2, 0.25) is 0 Å². The van der Waals surface area contributed by atoms with Crippen molar-refractivity contribution in [2.24, 2.45) is 5.92 Å². The average molecular weight is 250 g/mol. The zero-order valence-electron chi connectivity index (χ0n) is 11.3. The van der Waals surface area contributed by atoms with Crippen LogP contribution in [0.5, 0.6) is 0 Å². The van der Waals surface area contributed by atoms with Crippen molar-refractivity contribution in [3.8, 4) is 0 Å². The molecule has 0 amide bonds. The molecule has 1 aromatic carbocycles. The molecule has 1 aliphatic heterocycles. The molecule has 0 aliphatic carbocycles. The van der Waals surface area contributed by atoms with Crippen molar-refractivity contribution in [2.75, 3.05) is 19.6 Å². The van der Waals surface area contributed by atoms with Crippen LogP contribution in [0.3, 0.4) is 0 Å². The highest BCUT2D eigenvalue weighted by Gasteiger charge is 2.14. The van der Waals surface area contributed by atoms with Crippen LogP contribution in [0.15, 0.2) is 18.2 Å². The predicted molar refractivity (Wildman–Crippen MR) is 73.1 cm³/mol. The lowest BCUT2D eigenvalue weighted by atomic mass is 9.97. The van der Waals surface area contributed by atoms with E-state index >= 15 is 0 Å². The minimum atomic E-state index is -0.108. The highest BCUT2D eigenvalue weighted by molar-refractivity contribution is 5.25. The Balaban J connectivity index is 1.86. The Morgan fingerprint density at radius 1 is 1.39 bits per heavy atom. The van der Waals surface area contributed by atoms with Gasteiger partial charge < -0.3 is 10.6 Å². The van der Waals surface area contributed by atoms with Crippen LogP contribution in [-0.2, 0) is 0 Å². The average Bonchev–Trinajstić information content (AvgIpc) is 2.40. The number of rotatable bonds is 4. The Morgan fingerprint density at radius 3 is 2.78 bits per heavy atom. The quantitative estimate of drug-likeness (QED) is 0.858. The first-order chi connectivity index (χ1) is 8.66. The van der Waals surface area contributed by atoms with Crippen LogP contribution < -0.4 is 10.6 Å². The normalized spacial score (nSPS) is 18.8. The largest absolute Gasteiger partial charge is 0.317 e. The van der Waals surface area contributed by atoms with E-state index in [0.29, 0.717) is 5.56 Å².